The summed E-state index contributed by atoms with van der Waals surface area (Å²) in [5, 5.41) is 15.5. The molecule has 1 aliphatic rings. The minimum Gasteiger partial charge on any atom is -0.335 e. The first kappa shape index (κ1) is 22.9. The first-order valence-electron chi connectivity index (χ1n) is 11.4. The van der Waals surface area contributed by atoms with Gasteiger partial charge in [0, 0.05) is 32.7 Å². The fraction of sp³-hybridized carbons (Fsp3) is 0.231. The summed E-state index contributed by atoms with van der Waals surface area (Å²) in [4.78, 5) is 23.0. The van der Waals surface area contributed by atoms with Gasteiger partial charge < -0.3 is 4.90 Å². The van der Waals surface area contributed by atoms with E-state index in [1.54, 1.807) is 21.7 Å². The van der Waals surface area contributed by atoms with E-state index in [1.807, 2.05) is 41.8 Å². The summed E-state index contributed by atoms with van der Waals surface area (Å²) in [6.07, 6.45) is 0.846. The van der Waals surface area contributed by atoms with Crippen molar-refractivity contribution in [2.75, 3.05) is 26.2 Å². The number of carbonyl (C=O) groups is 1. The Kier molecular flexibility index (Phi) is 6.66. The molecular weight excluding hydrogens is 463 g/mol. The maximum atomic E-state index is 13.5. The number of carbonyl (C=O) groups excluding carboxylic acids is 1. The van der Waals surface area contributed by atoms with Gasteiger partial charge in [0.25, 0.3) is 5.91 Å². The standard InChI is InChI=1S/C26H23FN6OS/c27-21-8-10-22(11-9-21)33-25(23-3-1-16-35-23)29-24(30-33)26(34)32-13-2-12-31(14-15-32)18-20-6-4-19(17-28)5-7-20/h1,3-11,16H,2,12-15,18H2. The van der Waals surface area contributed by atoms with Crippen molar-refractivity contribution >= 4 is 17.2 Å². The molecule has 2 aromatic heterocycles. The lowest BCUT2D eigenvalue weighted by Gasteiger charge is -2.21. The van der Waals surface area contributed by atoms with Gasteiger partial charge in [0.1, 0.15) is 5.82 Å². The molecule has 0 saturated carbocycles. The third kappa shape index (κ3) is 5.14. The summed E-state index contributed by atoms with van der Waals surface area (Å²) in [6.45, 7) is 3.59. The topological polar surface area (TPSA) is 78.0 Å². The minimum absolute atomic E-state index is 0.137. The van der Waals surface area contributed by atoms with Crippen molar-refractivity contribution in [3.63, 3.8) is 0 Å². The van der Waals surface area contributed by atoms with Crippen molar-refractivity contribution in [1.82, 2.24) is 24.6 Å². The van der Waals surface area contributed by atoms with Gasteiger partial charge in [-0.3, -0.25) is 9.69 Å². The molecule has 1 saturated heterocycles. The molecule has 7 nitrogen and oxygen atoms in total. The molecule has 176 valence electrons. The zero-order valence-corrected chi connectivity index (χ0v) is 19.8. The smallest absolute Gasteiger partial charge is 0.293 e. The SMILES string of the molecule is N#Cc1ccc(CN2CCCN(C(=O)c3nc(-c4cccs4)n(-c4ccc(F)cc4)n3)CC2)cc1. The largest absolute Gasteiger partial charge is 0.335 e. The third-order valence-electron chi connectivity index (χ3n) is 5.98. The maximum Gasteiger partial charge on any atom is 0.293 e. The van der Waals surface area contributed by atoms with Crippen molar-refractivity contribution in [1.29, 1.82) is 5.26 Å². The van der Waals surface area contributed by atoms with Crippen molar-refractivity contribution in [2.24, 2.45) is 0 Å². The highest BCUT2D eigenvalue weighted by molar-refractivity contribution is 7.13. The molecule has 9 heteroatoms. The monoisotopic (exact) mass is 486 g/mol. The van der Waals surface area contributed by atoms with Gasteiger partial charge in [0.05, 0.1) is 22.2 Å². The maximum absolute atomic E-state index is 13.5. The number of amides is 1. The van der Waals surface area contributed by atoms with Crippen molar-refractivity contribution in [3.05, 3.63) is 88.8 Å². The van der Waals surface area contributed by atoms with Crippen LogP contribution in [0.2, 0.25) is 0 Å². The first-order chi connectivity index (χ1) is 17.1. The lowest BCUT2D eigenvalue weighted by atomic mass is 10.1. The van der Waals surface area contributed by atoms with Crippen molar-refractivity contribution in [3.8, 4) is 22.5 Å². The molecule has 0 N–H and O–H groups in total. The number of thiophene rings is 1. The highest BCUT2D eigenvalue weighted by Crippen LogP contribution is 2.26. The lowest BCUT2D eigenvalue weighted by molar-refractivity contribution is 0.0749. The number of rotatable bonds is 5. The van der Waals surface area contributed by atoms with Gasteiger partial charge in [-0.05, 0) is 59.8 Å². The summed E-state index contributed by atoms with van der Waals surface area (Å²) < 4.78 is 15.1. The second-order valence-electron chi connectivity index (χ2n) is 8.36. The number of halogens is 1. The molecule has 3 heterocycles. The highest BCUT2D eigenvalue weighted by atomic mass is 32.1. The number of hydrogen-bond acceptors (Lipinski definition) is 6. The van der Waals surface area contributed by atoms with Crippen molar-refractivity contribution < 1.29 is 9.18 Å². The van der Waals surface area contributed by atoms with E-state index >= 15 is 0 Å². The molecule has 1 fully saturated rings. The Morgan fingerprint density at radius 1 is 1.03 bits per heavy atom. The van der Waals surface area contributed by atoms with Crippen LogP contribution >= 0.6 is 11.3 Å². The van der Waals surface area contributed by atoms with Gasteiger partial charge in [-0.25, -0.2) is 14.1 Å². The molecule has 2 aromatic carbocycles. The van der Waals surface area contributed by atoms with Crippen LogP contribution in [0.5, 0.6) is 0 Å². The Balaban J connectivity index is 1.33. The zero-order valence-electron chi connectivity index (χ0n) is 19.0. The molecule has 35 heavy (non-hydrogen) atoms. The van der Waals surface area contributed by atoms with Crippen LogP contribution in [0.25, 0.3) is 16.4 Å². The molecule has 0 spiro atoms. The number of benzene rings is 2. The van der Waals surface area contributed by atoms with Gasteiger partial charge in [0.15, 0.2) is 5.82 Å². The fourth-order valence-corrected chi connectivity index (χ4v) is 4.85. The lowest BCUT2D eigenvalue weighted by Crippen LogP contribution is -2.35. The van der Waals surface area contributed by atoms with Crippen LogP contribution in [0.1, 0.15) is 28.2 Å². The van der Waals surface area contributed by atoms with Crippen LogP contribution in [0, 0.1) is 17.1 Å². The van der Waals surface area contributed by atoms with Gasteiger partial charge in [-0.2, -0.15) is 5.26 Å². The zero-order chi connectivity index (χ0) is 24.2. The van der Waals surface area contributed by atoms with Gasteiger partial charge >= 0.3 is 0 Å². The van der Waals surface area contributed by atoms with Gasteiger partial charge in [0.2, 0.25) is 5.82 Å². The quantitative estimate of drug-likeness (QED) is 0.419. The van der Waals surface area contributed by atoms with Crippen LogP contribution in [-0.2, 0) is 6.54 Å². The number of aromatic nitrogens is 3. The fourth-order valence-electron chi connectivity index (χ4n) is 4.15. The van der Waals surface area contributed by atoms with Crippen LogP contribution in [0.15, 0.2) is 66.0 Å². The van der Waals surface area contributed by atoms with Gasteiger partial charge in [-0.15, -0.1) is 16.4 Å². The predicted octanol–water partition coefficient (Wildman–Crippen LogP) is 4.35. The minimum atomic E-state index is -0.335. The average Bonchev–Trinajstić information content (AvgIpc) is 3.51. The van der Waals surface area contributed by atoms with Crippen LogP contribution in [0.3, 0.4) is 0 Å². The molecular formula is C26H23FN6OS. The second-order valence-corrected chi connectivity index (χ2v) is 9.30. The van der Waals surface area contributed by atoms with E-state index in [1.165, 1.54) is 23.5 Å². The number of nitriles is 1. The molecule has 0 aliphatic carbocycles. The second kappa shape index (κ2) is 10.2. The number of hydrogen-bond donors (Lipinski definition) is 0. The van der Waals surface area contributed by atoms with E-state index in [9.17, 15) is 9.18 Å². The molecule has 5 rings (SSSR count). The van der Waals surface area contributed by atoms with E-state index < -0.39 is 0 Å². The van der Waals surface area contributed by atoms with Crippen LogP contribution in [-0.4, -0.2) is 56.7 Å². The summed E-state index contributed by atoms with van der Waals surface area (Å²) >= 11 is 1.51. The van der Waals surface area contributed by atoms with E-state index in [2.05, 4.69) is 21.1 Å². The Hall–Kier alpha value is -3.87. The van der Waals surface area contributed by atoms with Crippen LogP contribution < -0.4 is 0 Å². The molecule has 0 unspecified atom stereocenters. The van der Waals surface area contributed by atoms with E-state index in [-0.39, 0.29) is 17.5 Å². The predicted molar refractivity (Wildman–Crippen MR) is 132 cm³/mol. The number of nitrogens with zero attached hydrogens (tertiary/aromatic N) is 6. The van der Waals surface area contributed by atoms with E-state index in [0.29, 0.717) is 30.2 Å². The Bertz CT molecular complexity index is 1340. The molecule has 1 amide bonds. The highest BCUT2D eigenvalue weighted by Gasteiger charge is 2.26. The molecule has 1 aliphatic heterocycles. The molecule has 0 radical (unpaired) electrons. The molecule has 0 atom stereocenters. The summed E-state index contributed by atoms with van der Waals surface area (Å²) in [7, 11) is 0. The average molecular weight is 487 g/mol. The first-order valence-corrected chi connectivity index (χ1v) is 12.3. The van der Waals surface area contributed by atoms with E-state index in [0.717, 1.165) is 36.5 Å². The van der Waals surface area contributed by atoms with E-state index in [4.69, 9.17) is 5.26 Å². The summed E-state index contributed by atoms with van der Waals surface area (Å²) in [5.74, 6) is 0.160. The van der Waals surface area contributed by atoms with Gasteiger partial charge in [-0.1, -0.05) is 18.2 Å². The Labute approximate surface area is 206 Å². The summed E-state index contributed by atoms with van der Waals surface area (Å²) in [6, 6.07) is 19.6. The Morgan fingerprint density at radius 3 is 2.54 bits per heavy atom. The normalized spacial score (nSPS) is 14.5. The molecule has 4 aromatic rings. The van der Waals surface area contributed by atoms with Crippen LogP contribution in [0.4, 0.5) is 4.39 Å². The third-order valence-corrected chi connectivity index (χ3v) is 6.84. The Morgan fingerprint density at radius 2 is 1.83 bits per heavy atom. The molecule has 0 bridgehead atoms. The summed E-state index contributed by atoms with van der Waals surface area (Å²) in [5.41, 5.74) is 2.44. The van der Waals surface area contributed by atoms with Crippen molar-refractivity contribution in [2.45, 2.75) is 13.0 Å².